The minimum Gasteiger partial charge on any atom is -0.424 e. The van der Waals surface area contributed by atoms with Crippen molar-refractivity contribution in [1.29, 1.82) is 0 Å². The van der Waals surface area contributed by atoms with Crippen molar-refractivity contribution < 1.29 is 4.42 Å². The van der Waals surface area contributed by atoms with E-state index in [9.17, 15) is 0 Å². The van der Waals surface area contributed by atoms with Crippen molar-refractivity contribution >= 4 is 5.88 Å². The van der Waals surface area contributed by atoms with Gasteiger partial charge in [0.25, 0.3) is 0 Å². The number of rotatable bonds is 2. The van der Waals surface area contributed by atoms with E-state index >= 15 is 0 Å². The summed E-state index contributed by atoms with van der Waals surface area (Å²) >= 11 is 0. The first kappa shape index (κ1) is 7.08. The van der Waals surface area contributed by atoms with Crippen molar-refractivity contribution in [3.05, 3.63) is 12.1 Å². The van der Waals surface area contributed by atoms with Gasteiger partial charge >= 0.3 is 0 Å². The van der Waals surface area contributed by atoms with Crippen LogP contribution in [0.4, 0.5) is 5.88 Å². The molecule has 1 rings (SSSR count). The van der Waals surface area contributed by atoms with Crippen LogP contribution < -0.4 is 5.73 Å². The Morgan fingerprint density at radius 3 is 2.80 bits per heavy atom. The molecule has 0 saturated carbocycles. The minimum absolute atomic E-state index is 0.372. The molecule has 0 aliphatic heterocycles. The van der Waals surface area contributed by atoms with Gasteiger partial charge in [-0.3, -0.25) is 0 Å². The molecule has 0 aromatic carbocycles. The highest BCUT2D eigenvalue weighted by molar-refractivity contribution is 5.17. The maximum atomic E-state index is 5.31. The molecule has 56 valence electrons. The van der Waals surface area contributed by atoms with Crippen molar-refractivity contribution in [1.82, 2.24) is 9.88 Å². The van der Waals surface area contributed by atoms with Crippen molar-refractivity contribution in [2.45, 2.75) is 6.54 Å². The molecule has 0 radical (unpaired) electrons. The zero-order valence-corrected chi connectivity index (χ0v) is 6.16. The molecular weight excluding hydrogens is 130 g/mol. The quantitative estimate of drug-likeness (QED) is 0.644. The van der Waals surface area contributed by atoms with Crippen molar-refractivity contribution in [2.24, 2.45) is 0 Å². The van der Waals surface area contributed by atoms with Gasteiger partial charge in [-0.15, -0.1) is 0 Å². The van der Waals surface area contributed by atoms with Crippen LogP contribution in [0.2, 0.25) is 0 Å². The number of oxazole rings is 1. The lowest BCUT2D eigenvalue weighted by Crippen LogP contribution is -2.10. The van der Waals surface area contributed by atoms with Crippen LogP contribution in [0.15, 0.2) is 10.6 Å². The molecule has 0 bridgehead atoms. The van der Waals surface area contributed by atoms with Gasteiger partial charge in [-0.1, -0.05) is 0 Å². The Bertz CT molecular complexity index is 207. The summed E-state index contributed by atoms with van der Waals surface area (Å²) in [6.07, 6.45) is 1.51. The highest BCUT2D eigenvalue weighted by Gasteiger charge is 2.00. The Morgan fingerprint density at radius 1 is 1.70 bits per heavy atom. The van der Waals surface area contributed by atoms with Crippen LogP contribution in [0.25, 0.3) is 0 Å². The molecule has 0 unspecified atom stereocenters. The van der Waals surface area contributed by atoms with Crippen LogP contribution >= 0.6 is 0 Å². The number of anilines is 1. The first-order chi connectivity index (χ1) is 4.68. The number of hydrogen-bond acceptors (Lipinski definition) is 4. The van der Waals surface area contributed by atoms with Crippen LogP contribution in [0, 0.1) is 0 Å². The van der Waals surface area contributed by atoms with Crippen molar-refractivity contribution in [2.75, 3.05) is 19.8 Å². The molecule has 0 amide bonds. The molecule has 1 aromatic rings. The number of nitrogens with two attached hydrogens (primary N) is 1. The SMILES string of the molecule is CN(C)Cc1ncc(N)o1. The van der Waals surface area contributed by atoms with Gasteiger partial charge in [0.2, 0.25) is 11.8 Å². The zero-order valence-electron chi connectivity index (χ0n) is 6.16. The van der Waals surface area contributed by atoms with Crippen molar-refractivity contribution in [3.8, 4) is 0 Å². The summed E-state index contributed by atoms with van der Waals surface area (Å²) in [7, 11) is 3.89. The topological polar surface area (TPSA) is 55.3 Å². The largest absolute Gasteiger partial charge is 0.424 e. The Labute approximate surface area is 59.6 Å². The third kappa shape index (κ3) is 1.73. The minimum atomic E-state index is 0.372. The molecule has 0 aliphatic rings. The highest BCUT2D eigenvalue weighted by Crippen LogP contribution is 2.05. The summed E-state index contributed by atoms with van der Waals surface area (Å²) in [4.78, 5) is 5.89. The fraction of sp³-hybridized carbons (Fsp3) is 0.500. The molecule has 1 aromatic heterocycles. The summed E-state index contributed by atoms with van der Waals surface area (Å²) in [5.74, 6) is 1.03. The van der Waals surface area contributed by atoms with Crippen LogP contribution in [0.3, 0.4) is 0 Å². The molecule has 2 N–H and O–H groups in total. The smallest absolute Gasteiger partial charge is 0.211 e. The lowest BCUT2D eigenvalue weighted by atomic mass is 10.6. The second kappa shape index (κ2) is 2.70. The Balaban J connectivity index is 2.58. The predicted molar refractivity (Wildman–Crippen MR) is 38.3 cm³/mol. The maximum absolute atomic E-state index is 5.31. The molecule has 0 spiro atoms. The van der Waals surface area contributed by atoms with Crippen LogP contribution in [0.5, 0.6) is 0 Å². The van der Waals surface area contributed by atoms with E-state index in [0.717, 1.165) is 0 Å². The van der Waals surface area contributed by atoms with E-state index in [4.69, 9.17) is 10.2 Å². The number of nitrogens with zero attached hydrogens (tertiary/aromatic N) is 2. The molecule has 10 heavy (non-hydrogen) atoms. The van der Waals surface area contributed by atoms with E-state index in [-0.39, 0.29) is 0 Å². The Morgan fingerprint density at radius 2 is 2.40 bits per heavy atom. The van der Waals surface area contributed by atoms with Gasteiger partial charge in [-0.25, -0.2) is 4.98 Å². The average molecular weight is 141 g/mol. The number of nitrogen functional groups attached to an aromatic ring is 1. The van der Waals surface area contributed by atoms with Crippen molar-refractivity contribution in [3.63, 3.8) is 0 Å². The molecule has 1 heterocycles. The standard InChI is InChI=1S/C6H11N3O/c1-9(2)4-6-8-3-5(7)10-6/h3H,4,7H2,1-2H3. The lowest BCUT2D eigenvalue weighted by Gasteiger charge is -2.03. The first-order valence-electron chi connectivity index (χ1n) is 3.03. The Hall–Kier alpha value is -1.03. The van der Waals surface area contributed by atoms with E-state index in [1.807, 2.05) is 19.0 Å². The van der Waals surface area contributed by atoms with Gasteiger partial charge in [0.15, 0.2) is 0 Å². The van der Waals surface area contributed by atoms with Gasteiger partial charge in [0, 0.05) is 0 Å². The second-order valence-corrected chi connectivity index (χ2v) is 2.39. The fourth-order valence-electron chi connectivity index (χ4n) is 0.668. The van der Waals surface area contributed by atoms with E-state index < -0.39 is 0 Å². The van der Waals surface area contributed by atoms with E-state index in [1.165, 1.54) is 6.20 Å². The molecule has 0 atom stereocenters. The summed E-state index contributed by atoms with van der Waals surface area (Å²) in [6, 6.07) is 0. The molecular formula is C6H11N3O. The van der Waals surface area contributed by atoms with E-state index in [0.29, 0.717) is 18.3 Å². The molecule has 0 aliphatic carbocycles. The Kier molecular flexibility index (Phi) is 1.91. The van der Waals surface area contributed by atoms with Gasteiger partial charge < -0.3 is 15.1 Å². The number of aromatic nitrogens is 1. The van der Waals surface area contributed by atoms with Gasteiger partial charge in [-0.2, -0.15) is 0 Å². The average Bonchev–Trinajstić information content (AvgIpc) is 2.13. The first-order valence-corrected chi connectivity index (χ1v) is 3.03. The highest BCUT2D eigenvalue weighted by atomic mass is 16.4. The van der Waals surface area contributed by atoms with Crippen LogP contribution in [0.1, 0.15) is 5.89 Å². The third-order valence-electron chi connectivity index (χ3n) is 1.02. The number of hydrogen-bond donors (Lipinski definition) is 1. The third-order valence-corrected chi connectivity index (χ3v) is 1.02. The molecule has 4 heteroatoms. The summed E-state index contributed by atoms with van der Waals surface area (Å²) in [5.41, 5.74) is 5.31. The van der Waals surface area contributed by atoms with E-state index in [1.54, 1.807) is 0 Å². The molecule has 0 fully saturated rings. The van der Waals surface area contributed by atoms with Crippen LogP contribution in [-0.2, 0) is 6.54 Å². The predicted octanol–water partition coefficient (Wildman–Crippen LogP) is 0.318. The maximum Gasteiger partial charge on any atom is 0.211 e. The summed E-state index contributed by atoms with van der Waals surface area (Å²) < 4.78 is 5.02. The molecule has 0 saturated heterocycles. The van der Waals surface area contributed by atoms with Crippen LogP contribution in [-0.4, -0.2) is 24.0 Å². The van der Waals surface area contributed by atoms with Gasteiger partial charge in [0.1, 0.15) is 0 Å². The summed E-state index contributed by atoms with van der Waals surface area (Å²) in [6.45, 7) is 0.692. The van der Waals surface area contributed by atoms with Gasteiger partial charge in [0.05, 0.1) is 12.7 Å². The normalized spacial score (nSPS) is 10.7. The zero-order chi connectivity index (χ0) is 7.56. The fourth-order valence-corrected chi connectivity index (χ4v) is 0.668. The summed E-state index contributed by atoms with van der Waals surface area (Å²) in [5, 5.41) is 0. The lowest BCUT2D eigenvalue weighted by molar-refractivity contribution is 0.345. The second-order valence-electron chi connectivity index (χ2n) is 2.39. The monoisotopic (exact) mass is 141 g/mol. The van der Waals surface area contributed by atoms with E-state index in [2.05, 4.69) is 4.98 Å². The van der Waals surface area contributed by atoms with Gasteiger partial charge in [-0.05, 0) is 14.1 Å². The molecule has 4 nitrogen and oxygen atoms in total.